The molecule has 0 fully saturated rings. The third kappa shape index (κ3) is 3.35. The van der Waals surface area contributed by atoms with Crippen LogP contribution >= 0.6 is 11.3 Å². The van der Waals surface area contributed by atoms with Gasteiger partial charge in [0.25, 0.3) is 0 Å². The summed E-state index contributed by atoms with van der Waals surface area (Å²) in [4.78, 5) is 14.7. The summed E-state index contributed by atoms with van der Waals surface area (Å²) in [5.41, 5.74) is 2.23. The van der Waals surface area contributed by atoms with Gasteiger partial charge in [-0.1, -0.05) is 6.07 Å². The highest BCUT2D eigenvalue weighted by Crippen LogP contribution is 2.27. The van der Waals surface area contributed by atoms with Crippen LogP contribution in [0.2, 0.25) is 0 Å². The Hall–Kier alpha value is -1.46. The second-order valence-electron chi connectivity index (χ2n) is 5.25. The fourth-order valence-corrected chi connectivity index (χ4v) is 3.01. The molecule has 0 amide bonds. The zero-order valence-electron chi connectivity index (χ0n) is 12.8. The number of rotatable bonds is 5. The molecule has 5 heteroatoms. The van der Waals surface area contributed by atoms with E-state index in [1.807, 2.05) is 32.4 Å². The van der Waals surface area contributed by atoms with Crippen LogP contribution in [0.3, 0.4) is 0 Å². The molecule has 4 nitrogen and oxygen atoms in total. The molecule has 2 rings (SSSR count). The third-order valence-electron chi connectivity index (χ3n) is 3.43. The van der Waals surface area contributed by atoms with Gasteiger partial charge in [0.05, 0.1) is 11.4 Å². The van der Waals surface area contributed by atoms with Crippen molar-refractivity contribution in [1.82, 2.24) is 14.9 Å². The summed E-state index contributed by atoms with van der Waals surface area (Å²) in [6.07, 6.45) is 1.85. The summed E-state index contributed by atoms with van der Waals surface area (Å²) < 4.78 is 0. The summed E-state index contributed by atoms with van der Waals surface area (Å²) in [6, 6.07) is 6.36. The first-order valence-corrected chi connectivity index (χ1v) is 7.55. The summed E-state index contributed by atoms with van der Waals surface area (Å²) >= 11 is 1.76. The van der Waals surface area contributed by atoms with Crippen LogP contribution in [0.25, 0.3) is 0 Å². The van der Waals surface area contributed by atoms with Crippen LogP contribution < -0.4 is 4.90 Å². The van der Waals surface area contributed by atoms with Gasteiger partial charge in [-0.05, 0) is 33.0 Å². The van der Waals surface area contributed by atoms with E-state index in [1.54, 1.807) is 11.3 Å². The highest BCUT2D eigenvalue weighted by molar-refractivity contribution is 7.15. The normalized spacial score (nSPS) is 12.7. The molecule has 0 spiro atoms. The summed E-state index contributed by atoms with van der Waals surface area (Å²) in [5, 5.41) is 1.07. The SMILES string of the molecule is Cc1nc(N(C)C)sc1CN(C)[C@@H](C)c1ccccn1. The maximum Gasteiger partial charge on any atom is 0.185 e. The van der Waals surface area contributed by atoms with Crippen molar-refractivity contribution in [2.75, 3.05) is 26.0 Å². The highest BCUT2D eigenvalue weighted by Gasteiger charge is 2.16. The topological polar surface area (TPSA) is 32.3 Å². The standard InChI is InChI=1S/C15H22N4S/c1-11-14(20-15(17-11)18(3)4)10-19(5)12(2)13-8-6-7-9-16-13/h6-9,12H,10H2,1-5H3/t12-/m0/s1. The van der Waals surface area contributed by atoms with E-state index in [9.17, 15) is 0 Å². The van der Waals surface area contributed by atoms with Crippen molar-refractivity contribution in [3.05, 3.63) is 40.7 Å². The molecule has 0 unspecified atom stereocenters. The number of aryl methyl sites for hydroxylation is 1. The molecule has 20 heavy (non-hydrogen) atoms. The van der Waals surface area contributed by atoms with E-state index >= 15 is 0 Å². The summed E-state index contributed by atoms with van der Waals surface area (Å²) in [5.74, 6) is 0. The maximum absolute atomic E-state index is 4.60. The van der Waals surface area contributed by atoms with Crippen LogP contribution in [-0.4, -0.2) is 36.0 Å². The number of hydrogen-bond acceptors (Lipinski definition) is 5. The third-order valence-corrected chi connectivity index (χ3v) is 4.74. The van der Waals surface area contributed by atoms with Crippen LogP contribution in [0.5, 0.6) is 0 Å². The molecule has 0 N–H and O–H groups in total. The van der Waals surface area contributed by atoms with Gasteiger partial charge >= 0.3 is 0 Å². The molecule has 0 aliphatic heterocycles. The minimum absolute atomic E-state index is 0.292. The minimum Gasteiger partial charge on any atom is -0.354 e. The minimum atomic E-state index is 0.292. The average molecular weight is 290 g/mol. The number of pyridine rings is 1. The predicted octanol–water partition coefficient (Wildman–Crippen LogP) is 3.11. The van der Waals surface area contributed by atoms with E-state index in [1.165, 1.54) is 4.88 Å². The summed E-state index contributed by atoms with van der Waals surface area (Å²) in [6.45, 7) is 5.17. The van der Waals surface area contributed by atoms with E-state index in [2.05, 4.69) is 46.7 Å². The smallest absolute Gasteiger partial charge is 0.185 e. The van der Waals surface area contributed by atoms with Gasteiger partial charge in [0.15, 0.2) is 5.13 Å². The van der Waals surface area contributed by atoms with Crippen molar-refractivity contribution in [2.45, 2.75) is 26.4 Å². The molecule has 108 valence electrons. The number of aromatic nitrogens is 2. The molecular formula is C15H22N4S. The lowest BCUT2D eigenvalue weighted by Crippen LogP contribution is -2.22. The molecule has 0 saturated heterocycles. The predicted molar refractivity (Wildman–Crippen MR) is 85.3 cm³/mol. The van der Waals surface area contributed by atoms with Crippen molar-refractivity contribution in [1.29, 1.82) is 0 Å². The fourth-order valence-electron chi connectivity index (χ4n) is 1.96. The molecule has 2 aromatic rings. The van der Waals surface area contributed by atoms with Gasteiger partial charge in [-0.2, -0.15) is 0 Å². The Morgan fingerprint density at radius 1 is 1.25 bits per heavy atom. The van der Waals surface area contributed by atoms with Crippen LogP contribution in [0.15, 0.2) is 24.4 Å². The number of anilines is 1. The quantitative estimate of drug-likeness (QED) is 0.847. The lowest BCUT2D eigenvalue weighted by Gasteiger charge is -2.23. The zero-order valence-corrected chi connectivity index (χ0v) is 13.6. The molecule has 2 aromatic heterocycles. The molecule has 0 saturated carbocycles. The van der Waals surface area contributed by atoms with Crippen molar-refractivity contribution in [2.24, 2.45) is 0 Å². The Bertz CT molecular complexity index is 550. The van der Waals surface area contributed by atoms with Crippen LogP contribution in [0.1, 0.15) is 29.2 Å². The van der Waals surface area contributed by atoms with Gasteiger partial charge in [0, 0.05) is 37.8 Å². The Labute approximate surface area is 125 Å². The van der Waals surface area contributed by atoms with Crippen LogP contribution in [0, 0.1) is 6.92 Å². The van der Waals surface area contributed by atoms with E-state index in [4.69, 9.17) is 0 Å². The van der Waals surface area contributed by atoms with Gasteiger partial charge in [-0.25, -0.2) is 4.98 Å². The monoisotopic (exact) mass is 290 g/mol. The molecule has 2 heterocycles. The van der Waals surface area contributed by atoms with Gasteiger partial charge in [0.2, 0.25) is 0 Å². The second kappa shape index (κ2) is 6.33. The first kappa shape index (κ1) is 14.9. The molecule has 0 aromatic carbocycles. The number of hydrogen-bond donors (Lipinski definition) is 0. The van der Waals surface area contributed by atoms with Gasteiger partial charge in [-0.15, -0.1) is 11.3 Å². The van der Waals surface area contributed by atoms with Crippen LogP contribution in [0.4, 0.5) is 5.13 Å². The summed E-state index contributed by atoms with van der Waals surface area (Å²) in [7, 11) is 6.19. The van der Waals surface area contributed by atoms with Crippen molar-refractivity contribution >= 4 is 16.5 Å². The van der Waals surface area contributed by atoms with E-state index in [0.717, 1.165) is 23.1 Å². The number of thiazole rings is 1. The van der Waals surface area contributed by atoms with Crippen molar-refractivity contribution in [3.8, 4) is 0 Å². The average Bonchev–Trinajstić information content (AvgIpc) is 2.80. The van der Waals surface area contributed by atoms with Crippen LogP contribution in [-0.2, 0) is 6.54 Å². The molecule has 0 bridgehead atoms. The number of nitrogens with zero attached hydrogens (tertiary/aromatic N) is 4. The van der Waals surface area contributed by atoms with Crippen molar-refractivity contribution < 1.29 is 0 Å². The maximum atomic E-state index is 4.60. The highest BCUT2D eigenvalue weighted by atomic mass is 32.1. The molecular weight excluding hydrogens is 268 g/mol. The van der Waals surface area contributed by atoms with E-state index in [-0.39, 0.29) is 0 Å². The fraction of sp³-hybridized carbons (Fsp3) is 0.467. The van der Waals surface area contributed by atoms with Gasteiger partial charge in [-0.3, -0.25) is 9.88 Å². The Kier molecular flexibility index (Phi) is 4.73. The molecule has 1 atom stereocenters. The lowest BCUT2D eigenvalue weighted by molar-refractivity contribution is 0.250. The Balaban J connectivity index is 2.09. The first-order chi connectivity index (χ1) is 9.49. The largest absolute Gasteiger partial charge is 0.354 e. The Morgan fingerprint density at radius 2 is 2.00 bits per heavy atom. The van der Waals surface area contributed by atoms with Gasteiger partial charge in [0.1, 0.15) is 0 Å². The van der Waals surface area contributed by atoms with E-state index in [0.29, 0.717) is 6.04 Å². The molecule has 0 radical (unpaired) electrons. The van der Waals surface area contributed by atoms with Gasteiger partial charge < -0.3 is 4.90 Å². The first-order valence-electron chi connectivity index (χ1n) is 6.74. The lowest BCUT2D eigenvalue weighted by atomic mass is 10.2. The zero-order chi connectivity index (χ0) is 14.7. The van der Waals surface area contributed by atoms with E-state index < -0.39 is 0 Å². The molecule has 0 aliphatic rings. The molecule has 0 aliphatic carbocycles. The Morgan fingerprint density at radius 3 is 2.55 bits per heavy atom. The second-order valence-corrected chi connectivity index (χ2v) is 6.31. The van der Waals surface area contributed by atoms with Crippen molar-refractivity contribution in [3.63, 3.8) is 0 Å².